The van der Waals surface area contributed by atoms with Crippen LogP contribution in [0.1, 0.15) is 13.3 Å². The van der Waals surface area contributed by atoms with E-state index in [1.165, 1.54) is 6.92 Å². The second kappa shape index (κ2) is 13.6. The molecule has 0 aliphatic carbocycles. The van der Waals surface area contributed by atoms with E-state index in [1.54, 1.807) is 4.90 Å². The molecule has 0 spiro atoms. The number of thiol groups is 1. The van der Waals surface area contributed by atoms with E-state index in [9.17, 15) is 9.59 Å². The zero-order valence-electron chi connectivity index (χ0n) is 10.0. The third-order valence-electron chi connectivity index (χ3n) is 1.65. The number of Topliss-reactive ketones (excluding diaryl/α,β-unsaturated/α-hetero) is 1. The smallest absolute Gasteiger partial charge is 0.193 e. The SMILES string of the molecule is CC(=O)CC(=O)S.OCCN(CCO)CCO. The molecule has 0 saturated carbocycles. The summed E-state index contributed by atoms with van der Waals surface area (Å²) in [6, 6.07) is 0. The van der Waals surface area contributed by atoms with Crippen LogP contribution in [0, 0.1) is 0 Å². The molecule has 102 valence electrons. The lowest BCUT2D eigenvalue weighted by Gasteiger charge is -2.17. The molecule has 0 saturated heterocycles. The van der Waals surface area contributed by atoms with Crippen LogP contribution in [0.2, 0.25) is 0 Å². The first-order chi connectivity index (χ1) is 7.97. The topological polar surface area (TPSA) is 98.1 Å². The van der Waals surface area contributed by atoms with E-state index < -0.39 is 0 Å². The fourth-order valence-corrected chi connectivity index (χ4v) is 1.20. The van der Waals surface area contributed by atoms with Crippen molar-refractivity contribution in [3.63, 3.8) is 0 Å². The fourth-order valence-electron chi connectivity index (χ4n) is 0.973. The van der Waals surface area contributed by atoms with E-state index in [1.807, 2.05) is 0 Å². The highest BCUT2D eigenvalue weighted by atomic mass is 32.1. The van der Waals surface area contributed by atoms with Gasteiger partial charge in [0, 0.05) is 19.6 Å². The summed E-state index contributed by atoms with van der Waals surface area (Å²) in [5, 5.41) is 25.1. The lowest BCUT2D eigenvalue weighted by atomic mass is 10.3. The normalized spacial score (nSPS) is 9.76. The Balaban J connectivity index is 0. The van der Waals surface area contributed by atoms with Crippen molar-refractivity contribution in [2.45, 2.75) is 13.3 Å². The summed E-state index contributed by atoms with van der Waals surface area (Å²) in [5.74, 6) is -0.139. The lowest BCUT2D eigenvalue weighted by Crippen LogP contribution is -2.32. The molecule has 0 unspecified atom stereocenters. The van der Waals surface area contributed by atoms with Crippen molar-refractivity contribution in [2.24, 2.45) is 0 Å². The van der Waals surface area contributed by atoms with Gasteiger partial charge in [-0.15, -0.1) is 12.6 Å². The van der Waals surface area contributed by atoms with Gasteiger partial charge in [-0.05, 0) is 6.92 Å². The first kappa shape index (κ1) is 18.9. The minimum atomic E-state index is -0.368. The molecule has 0 amide bonds. The molecule has 0 aromatic carbocycles. The van der Waals surface area contributed by atoms with Crippen LogP contribution in [0.5, 0.6) is 0 Å². The summed E-state index contributed by atoms with van der Waals surface area (Å²) in [7, 11) is 0. The number of nitrogens with zero attached hydrogens (tertiary/aromatic N) is 1. The van der Waals surface area contributed by atoms with Crippen molar-refractivity contribution < 1.29 is 24.9 Å². The second-order valence-corrected chi connectivity index (χ2v) is 3.78. The van der Waals surface area contributed by atoms with E-state index in [0.29, 0.717) is 19.6 Å². The highest BCUT2D eigenvalue weighted by Gasteiger charge is 2.00. The number of carbonyl (C=O) groups is 2. The van der Waals surface area contributed by atoms with Crippen molar-refractivity contribution in [1.29, 1.82) is 0 Å². The van der Waals surface area contributed by atoms with Gasteiger partial charge in [0.2, 0.25) is 0 Å². The summed E-state index contributed by atoms with van der Waals surface area (Å²) in [5.41, 5.74) is 0. The minimum Gasteiger partial charge on any atom is -0.395 e. The van der Waals surface area contributed by atoms with Crippen LogP contribution in [-0.2, 0) is 9.59 Å². The monoisotopic (exact) mass is 267 g/mol. The maximum Gasteiger partial charge on any atom is 0.193 e. The van der Waals surface area contributed by atoms with Crippen LogP contribution < -0.4 is 0 Å². The fraction of sp³-hybridized carbons (Fsp3) is 0.800. The molecule has 0 aliphatic heterocycles. The molecule has 0 rings (SSSR count). The van der Waals surface area contributed by atoms with E-state index in [2.05, 4.69) is 12.6 Å². The van der Waals surface area contributed by atoms with Crippen LogP contribution in [0.3, 0.4) is 0 Å². The quantitative estimate of drug-likeness (QED) is 0.322. The van der Waals surface area contributed by atoms with Crippen LogP contribution in [0.15, 0.2) is 0 Å². The number of ketones is 1. The van der Waals surface area contributed by atoms with Crippen LogP contribution in [0.25, 0.3) is 0 Å². The zero-order chi connectivity index (χ0) is 13.7. The van der Waals surface area contributed by atoms with Gasteiger partial charge in [0.25, 0.3) is 0 Å². The Morgan fingerprint density at radius 3 is 1.47 bits per heavy atom. The van der Waals surface area contributed by atoms with Gasteiger partial charge in [-0.3, -0.25) is 14.5 Å². The van der Waals surface area contributed by atoms with Gasteiger partial charge >= 0.3 is 0 Å². The maximum absolute atomic E-state index is 9.98. The summed E-state index contributed by atoms with van der Waals surface area (Å²) >= 11 is 3.38. The summed E-state index contributed by atoms with van der Waals surface area (Å²) < 4.78 is 0. The number of hydrogen-bond acceptors (Lipinski definition) is 6. The van der Waals surface area contributed by atoms with Gasteiger partial charge in [0.05, 0.1) is 26.2 Å². The highest BCUT2D eigenvalue weighted by molar-refractivity contribution is 7.96. The van der Waals surface area contributed by atoms with E-state index >= 15 is 0 Å². The molecule has 17 heavy (non-hydrogen) atoms. The van der Waals surface area contributed by atoms with Gasteiger partial charge in [0.1, 0.15) is 5.78 Å². The van der Waals surface area contributed by atoms with Gasteiger partial charge in [0.15, 0.2) is 5.12 Å². The highest BCUT2D eigenvalue weighted by Crippen LogP contribution is 1.86. The van der Waals surface area contributed by atoms with Gasteiger partial charge in [-0.1, -0.05) is 0 Å². The predicted octanol–water partition coefficient (Wildman–Crippen LogP) is -1.31. The molecule has 0 atom stereocenters. The Morgan fingerprint density at radius 2 is 1.35 bits per heavy atom. The van der Waals surface area contributed by atoms with Crippen molar-refractivity contribution in [2.75, 3.05) is 39.5 Å². The lowest BCUT2D eigenvalue weighted by molar-refractivity contribution is -0.121. The third kappa shape index (κ3) is 18.1. The van der Waals surface area contributed by atoms with Gasteiger partial charge in [-0.2, -0.15) is 0 Å². The van der Waals surface area contributed by atoms with E-state index in [4.69, 9.17) is 15.3 Å². The largest absolute Gasteiger partial charge is 0.395 e. The standard InChI is InChI=1S/C6H15NO3.C4H6O2S/c8-4-1-7(2-5-9)3-6-10;1-3(5)2-4(6)7/h8-10H,1-6H2;2H2,1H3,(H,6,7). The number of rotatable bonds is 8. The van der Waals surface area contributed by atoms with Crippen molar-refractivity contribution >= 4 is 23.5 Å². The molecule has 6 nitrogen and oxygen atoms in total. The zero-order valence-corrected chi connectivity index (χ0v) is 10.9. The average Bonchev–Trinajstić information content (AvgIpc) is 2.17. The number of aliphatic hydroxyl groups excluding tert-OH is 3. The summed E-state index contributed by atoms with van der Waals surface area (Å²) in [6.45, 7) is 3.11. The average molecular weight is 267 g/mol. The Hall–Kier alpha value is -0.470. The molecule has 0 heterocycles. The van der Waals surface area contributed by atoms with E-state index in [0.717, 1.165) is 0 Å². The predicted molar refractivity (Wildman–Crippen MR) is 67.0 cm³/mol. The van der Waals surface area contributed by atoms with Crippen LogP contribution in [0.4, 0.5) is 0 Å². The van der Waals surface area contributed by atoms with Crippen molar-refractivity contribution in [3.8, 4) is 0 Å². The first-order valence-corrected chi connectivity index (χ1v) is 5.68. The third-order valence-corrected chi connectivity index (χ3v) is 1.81. The Labute approximate surface area is 107 Å². The number of carbonyl (C=O) groups excluding carboxylic acids is 2. The molecule has 0 bridgehead atoms. The Kier molecular flexibility index (Phi) is 15.1. The second-order valence-electron chi connectivity index (χ2n) is 3.28. The van der Waals surface area contributed by atoms with Crippen molar-refractivity contribution in [3.05, 3.63) is 0 Å². The van der Waals surface area contributed by atoms with E-state index in [-0.39, 0.29) is 37.1 Å². The molecule has 0 fully saturated rings. The molecule has 0 radical (unpaired) electrons. The first-order valence-electron chi connectivity index (χ1n) is 5.24. The maximum atomic E-state index is 9.98. The minimum absolute atomic E-state index is 0.0525. The molecule has 0 aromatic heterocycles. The van der Waals surface area contributed by atoms with Crippen LogP contribution >= 0.6 is 12.6 Å². The molecular weight excluding hydrogens is 246 g/mol. The molecular formula is C10H21NO5S. The Morgan fingerprint density at radius 1 is 1.00 bits per heavy atom. The number of aliphatic hydroxyl groups is 3. The molecule has 7 heteroatoms. The molecule has 3 N–H and O–H groups in total. The van der Waals surface area contributed by atoms with Crippen molar-refractivity contribution in [1.82, 2.24) is 4.90 Å². The number of hydrogen-bond donors (Lipinski definition) is 4. The molecule has 0 aliphatic rings. The summed E-state index contributed by atoms with van der Waals surface area (Å²) in [6.07, 6.45) is -0.0525. The van der Waals surface area contributed by atoms with Gasteiger partial charge in [-0.25, -0.2) is 0 Å². The molecule has 0 aromatic rings. The van der Waals surface area contributed by atoms with Gasteiger partial charge < -0.3 is 15.3 Å². The van der Waals surface area contributed by atoms with Crippen LogP contribution in [-0.4, -0.2) is 70.6 Å². The summed E-state index contributed by atoms with van der Waals surface area (Å²) in [4.78, 5) is 21.7. The Bertz CT molecular complexity index is 187.